The Labute approximate surface area is 130 Å². The first kappa shape index (κ1) is 21.9. The fraction of sp³-hybridized carbons (Fsp3) is 1.00. The van der Waals surface area contributed by atoms with Crippen molar-refractivity contribution in [1.29, 1.82) is 0 Å². The number of hydrogen-bond acceptors (Lipinski definition) is 0. The van der Waals surface area contributed by atoms with Crippen molar-refractivity contribution in [3.8, 4) is 0 Å². The molecule has 0 saturated heterocycles. The molecule has 18 heavy (non-hydrogen) atoms. The van der Waals surface area contributed by atoms with Crippen LogP contribution >= 0.6 is 73.5 Å². The van der Waals surface area contributed by atoms with Gasteiger partial charge in [0.1, 0.15) is 0 Å². The second-order valence-corrected chi connectivity index (χ2v) is 30.2. The molecular weight excluding hydrogens is 387 g/mol. The number of hydrogen-bond donors (Lipinski definition) is 0. The summed E-state index contributed by atoms with van der Waals surface area (Å²) in [6.07, 6.45) is 5.89. The Morgan fingerprint density at radius 1 is 1.06 bits per heavy atom. The van der Waals surface area contributed by atoms with Crippen LogP contribution in [0.2, 0.25) is 0 Å². The molecule has 0 spiro atoms. The van der Waals surface area contributed by atoms with Gasteiger partial charge in [-0.1, -0.05) is 44.6 Å². The summed E-state index contributed by atoms with van der Waals surface area (Å²) in [4.78, 5) is 0. The van der Waals surface area contributed by atoms with Gasteiger partial charge in [-0.05, 0) is 50.4 Å². The van der Waals surface area contributed by atoms with Gasteiger partial charge in [0.25, 0.3) is 0 Å². The quantitative estimate of drug-likeness (QED) is 0.330. The maximum absolute atomic E-state index is 3.15. The molecule has 0 bridgehead atoms. The largest absolute Gasteiger partial charge is 0.111 e. The predicted molar refractivity (Wildman–Crippen MR) is 120 cm³/mol. The summed E-state index contributed by atoms with van der Waals surface area (Å²) < 4.78 is 0. The van der Waals surface area contributed by atoms with Crippen LogP contribution in [0.4, 0.5) is 0 Å². The summed E-state index contributed by atoms with van der Waals surface area (Å²) in [5.74, 6) is 2.42. The molecular formula is C9H29P9. The van der Waals surface area contributed by atoms with Crippen LogP contribution < -0.4 is 0 Å². The minimum atomic E-state index is 0.168. The first-order chi connectivity index (χ1) is 8.36. The summed E-state index contributed by atoms with van der Waals surface area (Å²) in [6, 6.07) is 0. The molecule has 8 unspecified atom stereocenters. The SMILES string of the molecule is CC(C)CCP(P)CCP(CP(C)P(P)P)PP. The lowest BCUT2D eigenvalue weighted by atomic mass is 10.2. The van der Waals surface area contributed by atoms with Gasteiger partial charge < -0.3 is 0 Å². The molecule has 0 heterocycles. The Kier molecular flexibility index (Phi) is 16.2. The van der Waals surface area contributed by atoms with Crippen molar-refractivity contribution in [2.75, 3.05) is 31.1 Å². The van der Waals surface area contributed by atoms with E-state index in [4.69, 9.17) is 0 Å². The van der Waals surface area contributed by atoms with E-state index >= 15 is 0 Å². The van der Waals surface area contributed by atoms with Crippen molar-refractivity contribution in [2.45, 2.75) is 20.3 Å². The first-order valence-corrected chi connectivity index (χ1v) is 22.0. The van der Waals surface area contributed by atoms with Crippen LogP contribution in [0.3, 0.4) is 0 Å². The molecule has 0 N–H and O–H groups in total. The second kappa shape index (κ2) is 13.3. The molecule has 0 rings (SSSR count). The molecule has 0 aromatic rings. The molecule has 0 aliphatic carbocycles. The van der Waals surface area contributed by atoms with Gasteiger partial charge in [-0.15, -0.1) is 35.7 Å². The summed E-state index contributed by atoms with van der Waals surface area (Å²) in [5, 5.41) is 0. The maximum atomic E-state index is 3.15. The standard InChI is InChI=1S/C9H29P9/c1-9(2)4-5-16(11)6-7-17(14-10)8-15(3)18(12)13/h9,14H,4-8,10-13H2,1-3H3. The topological polar surface area (TPSA) is 0 Å². The van der Waals surface area contributed by atoms with Gasteiger partial charge in [-0.2, -0.15) is 0 Å². The van der Waals surface area contributed by atoms with Gasteiger partial charge >= 0.3 is 0 Å². The average molecular weight is 416 g/mol. The fourth-order valence-corrected chi connectivity index (χ4v) is 24.4. The third kappa shape index (κ3) is 12.4. The first-order valence-electron chi connectivity index (χ1n) is 6.08. The molecule has 0 aromatic heterocycles. The van der Waals surface area contributed by atoms with Gasteiger partial charge in [0.05, 0.1) is 0 Å². The summed E-state index contributed by atoms with van der Waals surface area (Å²) in [7, 11) is 14.2. The van der Waals surface area contributed by atoms with Crippen LogP contribution in [0.1, 0.15) is 20.3 Å². The second-order valence-electron chi connectivity index (χ2n) is 4.79. The summed E-state index contributed by atoms with van der Waals surface area (Å²) >= 11 is 0. The lowest BCUT2D eigenvalue weighted by Gasteiger charge is -2.24. The van der Waals surface area contributed by atoms with Gasteiger partial charge in [-0.25, -0.2) is 0 Å². The highest BCUT2D eigenvalue weighted by atomic mass is 32.7. The van der Waals surface area contributed by atoms with Crippen molar-refractivity contribution < 1.29 is 0 Å². The van der Waals surface area contributed by atoms with Crippen molar-refractivity contribution in [2.24, 2.45) is 5.92 Å². The van der Waals surface area contributed by atoms with Gasteiger partial charge in [0, 0.05) is 0 Å². The Morgan fingerprint density at radius 3 is 2.11 bits per heavy atom. The zero-order valence-electron chi connectivity index (χ0n) is 11.7. The molecule has 0 aliphatic heterocycles. The van der Waals surface area contributed by atoms with Crippen LogP contribution in [0.15, 0.2) is 0 Å². The third-order valence-electron chi connectivity index (χ3n) is 2.60. The third-order valence-corrected chi connectivity index (χ3v) is 28.0. The van der Waals surface area contributed by atoms with Gasteiger partial charge in [0.15, 0.2) is 0 Å². The van der Waals surface area contributed by atoms with Crippen molar-refractivity contribution >= 4 is 73.5 Å². The van der Waals surface area contributed by atoms with Crippen LogP contribution in [0.5, 0.6) is 0 Å². The predicted octanol–water partition coefficient (Wildman–Crippen LogP) is 7.22. The summed E-state index contributed by atoms with van der Waals surface area (Å²) in [6.45, 7) is 7.34. The van der Waals surface area contributed by atoms with Crippen molar-refractivity contribution in [3.05, 3.63) is 0 Å². The van der Waals surface area contributed by atoms with E-state index in [9.17, 15) is 0 Å². The van der Waals surface area contributed by atoms with E-state index in [-0.39, 0.29) is 22.2 Å². The van der Waals surface area contributed by atoms with E-state index in [1.807, 2.05) is 0 Å². The minimum Gasteiger partial charge on any atom is -0.111 e. The van der Waals surface area contributed by atoms with Crippen LogP contribution in [-0.2, 0) is 0 Å². The van der Waals surface area contributed by atoms with Gasteiger partial charge in [-0.3, -0.25) is 0 Å². The molecule has 0 radical (unpaired) electrons. The highest BCUT2D eigenvalue weighted by Crippen LogP contribution is 2.82. The van der Waals surface area contributed by atoms with E-state index in [2.05, 4.69) is 56.2 Å². The Bertz CT molecular complexity index is 198. The lowest BCUT2D eigenvalue weighted by Crippen LogP contribution is -1.94. The van der Waals surface area contributed by atoms with E-state index in [0.717, 1.165) is 13.9 Å². The van der Waals surface area contributed by atoms with Crippen LogP contribution in [-0.4, -0.2) is 31.1 Å². The molecule has 0 fully saturated rings. The zero-order chi connectivity index (χ0) is 14.1. The van der Waals surface area contributed by atoms with E-state index < -0.39 is 0 Å². The molecule has 0 aromatic carbocycles. The van der Waals surface area contributed by atoms with Crippen molar-refractivity contribution in [1.82, 2.24) is 0 Å². The molecule has 8 atom stereocenters. The average Bonchev–Trinajstić information content (AvgIpc) is 2.31. The lowest BCUT2D eigenvalue weighted by molar-refractivity contribution is 0.630. The minimum absolute atomic E-state index is 0.168. The smallest absolute Gasteiger partial charge is 0.00388 e. The molecule has 0 saturated carbocycles. The normalized spacial score (nSPS) is 17.8. The fourth-order valence-electron chi connectivity index (χ4n) is 1.28. The van der Waals surface area contributed by atoms with Crippen LogP contribution in [0.25, 0.3) is 0 Å². The monoisotopic (exact) mass is 416 g/mol. The van der Waals surface area contributed by atoms with Gasteiger partial charge in [0.2, 0.25) is 0 Å². The Morgan fingerprint density at radius 2 is 1.67 bits per heavy atom. The Balaban J connectivity index is 3.85. The molecule has 9 heteroatoms. The van der Waals surface area contributed by atoms with Crippen molar-refractivity contribution in [3.63, 3.8) is 0 Å². The van der Waals surface area contributed by atoms with E-state index in [0.29, 0.717) is 7.61 Å². The summed E-state index contributed by atoms with van der Waals surface area (Å²) in [5.41, 5.74) is 0. The highest BCUT2D eigenvalue weighted by molar-refractivity contribution is 8.73. The zero-order valence-corrected chi connectivity index (χ0v) is 20.9. The molecule has 0 nitrogen and oxygen atoms in total. The van der Waals surface area contributed by atoms with E-state index in [1.165, 1.54) is 24.9 Å². The molecule has 110 valence electrons. The van der Waals surface area contributed by atoms with Crippen LogP contribution in [0, 0.1) is 5.92 Å². The highest BCUT2D eigenvalue weighted by Gasteiger charge is 2.15. The molecule has 0 aliphatic rings. The maximum Gasteiger partial charge on any atom is -0.00388 e. The Hall–Kier alpha value is 3.87. The number of rotatable bonds is 10. The molecule has 0 amide bonds. The van der Waals surface area contributed by atoms with E-state index in [1.54, 1.807) is 5.90 Å².